The van der Waals surface area contributed by atoms with Gasteiger partial charge in [-0.2, -0.15) is 0 Å². The average molecular weight is 184 g/mol. The minimum Gasteiger partial charge on any atom is -0.332 e. The lowest BCUT2D eigenvalue weighted by Crippen LogP contribution is -2.21. The zero-order chi connectivity index (χ0) is 7.98. The van der Waals surface area contributed by atoms with E-state index in [1.54, 1.807) is 7.05 Å². The molecule has 0 aliphatic rings. The quantitative estimate of drug-likeness (QED) is 0.284. The van der Waals surface area contributed by atoms with Gasteiger partial charge in [-0.15, -0.1) is 11.6 Å². The standard InChI is InChI=1S/C6H11Cl2NO/c1-9(6(8)10)5-3-2-4-7/h2-5H2,1H3. The fourth-order valence-corrected chi connectivity index (χ4v) is 0.805. The summed E-state index contributed by atoms with van der Waals surface area (Å²) in [5.41, 5.74) is 0. The van der Waals surface area contributed by atoms with Crippen molar-refractivity contribution in [3.63, 3.8) is 0 Å². The Kier molecular flexibility index (Phi) is 5.84. The van der Waals surface area contributed by atoms with Crippen molar-refractivity contribution in [3.05, 3.63) is 0 Å². The maximum Gasteiger partial charge on any atom is 0.316 e. The molecule has 10 heavy (non-hydrogen) atoms. The zero-order valence-corrected chi connectivity index (χ0v) is 7.45. The van der Waals surface area contributed by atoms with Crippen LogP contribution >= 0.6 is 23.2 Å². The first-order chi connectivity index (χ1) is 4.68. The van der Waals surface area contributed by atoms with Crippen LogP contribution in [0.25, 0.3) is 0 Å². The first-order valence-corrected chi connectivity index (χ1v) is 4.06. The highest BCUT2D eigenvalue weighted by molar-refractivity contribution is 6.62. The van der Waals surface area contributed by atoms with Gasteiger partial charge in [-0.05, 0) is 24.4 Å². The number of alkyl halides is 1. The summed E-state index contributed by atoms with van der Waals surface area (Å²) in [7, 11) is 1.67. The van der Waals surface area contributed by atoms with Crippen molar-refractivity contribution in [2.24, 2.45) is 0 Å². The summed E-state index contributed by atoms with van der Waals surface area (Å²) in [6.07, 6.45) is 1.84. The van der Waals surface area contributed by atoms with E-state index in [9.17, 15) is 4.79 Å². The molecule has 0 N–H and O–H groups in total. The number of hydrogen-bond acceptors (Lipinski definition) is 1. The molecule has 2 nitrogen and oxygen atoms in total. The number of amides is 1. The van der Waals surface area contributed by atoms with E-state index in [1.807, 2.05) is 0 Å². The van der Waals surface area contributed by atoms with Crippen molar-refractivity contribution < 1.29 is 4.79 Å². The van der Waals surface area contributed by atoms with Gasteiger partial charge in [-0.3, -0.25) is 4.79 Å². The van der Waals surface area contributed by atoms with Gasteiger partial charge < -0.3 is 4.90 Å². The van der Waals surface area contributed by atoms with Gasteiger partial charge in [0.1, 0.15) is 0 Å². The Labute approximate surface area is 71.1 Å². The number of carbonyl (C=O) groups excluding carboxylic acids is 1. The van der Waals surface area contributed by atoms with E-state index >= 15 is 0 Å². The predicted molar refractivity (Wildman–Crippen MR) is 43.8 cm³/mol. The Hall–Kier alpha value is 0.0500. The molecule has 0 saturated carbocycles. The van der Waals surface area contributed by atoms with Gasteiger partial charge >= 0.3 is 5.37 Å². The summed E-state index contributed by atoms with van der Waals surface area (Å²) >= 11 is 10.6. The van der Waals surface area contributed by atoms with Gasteiger partial charge in [-0.25, -0.2) is 0 Å². The van der Waals surface area contributed by atoms with Crippen molar-refractivity contribution in [1.29, 1.82) is 0 Å². The highest BCUT2D eigenvalue weighted by Crippen LogP contribution is 1.97. The largest absolute Gasteiger partial charge is 0.332 e. The van der Waals surface area contributed by atoms with Crippen LogP contribution in [0.15, 0.2) is 0 Å². The second kappa shape index (κ2) is 5.81. The maximum absolute atomic E-state index is 10.4. The first-order valence-electron chi connectivity index (χ1n) is 3.15. The molecule has 0 aliphatic carbocycles. The third-order valence-corrected chi connectivity index (χ3v) is 1.73. The van der Waals surface area contributed by atoms with E-state index < -0.39 is 5.37 Å². The molecule has 0 atom stereocenters. The third-order valence-electron chi connectivity index (χ3n) is 1.18. The van der Waals surface area contributed by atoms with Gasteiger partial charge in [0.05, 0.1) is 0 Å². The molecule has 60 valence electrons. The molecule has 0 aromatic heterocycles. The molecule has 0 aromatic rings. The number of hydrogen-bond donors (Lipinski definition) is 0. The number of carbonyl (C=O) groups is 1. The fraction of sp³-hybridized carbons (Fsp3) is 0.833. The molecule has 0 spiro atoms. The summed E-state index contributed by atoms with van der Waals surface area (Å²) in [5, 5.41) is -0.408. The van der Waals surface area contributed by atoms with E-state index in [1.165, 1.54) is 4.90 Å². The summed E-state index contributed by atoms with van der Waals surface area (Å²) in [5.74, 6) is 0.643. The molecule has 0 saturated heterocycles. The highest BCUT2D eigenvalue weighted by Gasteiger charge is 2.01. The van der Waals surface area contributed by atoms with E-state index in [2.05, 4.69) is 0 Å². The van der Waals surface area contributed by atoms with E-state index in [0.29, 0.717) is 12.4 Å². The molecule has 0 rings (SSSR count). The smallest absolute Gasteiger partial charge is 0.316 e. The van der Waals surface area contributed by atoms with Crippen LogP contribution in [-0.2, 0) is 0 Å². The van der Waals surface area contributed by atoms with Crippen LogP contribution < -0.4 is 0 Å². The molecule has 0 unspecified atom stereocenters. The molecule has 0 aromatic carbocycles. The first kappa shape index (κ1) is 10.0. The molecule has 0 bridgehead atoms. The van der Waals surface area contributed by atoms with Gasteiger partial charge in [0.25, 0.3) is 0 Å². The highest BCUT2D eigenvalue weighted by atomic mass is 35.5. The Morgan fingerprint density at radius 1 is 1.50 bits per heavy atom. The average Bonchev–Trinajstić information content (AvgIpc) is 1.88. The molecule has 0 heterocycles. The normalized spacial score (nSPS) is 9.50. The topological polar surface area (TPSA) is 20.3 Å². The lowest BCUT2D eigenvalue weighted by Gasteiger charge is -2.11. The zero-order valence-electron chi connectivity index (χ0n) is 5.94. The molecule has 4 heteroatoms. The van der Waals surface area contributed by atoms with Crippen LogP contribution in [0.5, 0.6) is 0 Å². The summed E-state index contributed by atoms with van der Waals surface area (Å²) in [4.78, 5) is 11.9. The summed E-state index contributed by atoms with van der Waals surface area (Å²) in [6, 6.07) is 0. The maximum atomic E-state index is 10.4. The predicted octanol–water partition coefficient (Wildman–Crippen LogP) is 2.30. The Bertz CT molecular complexity index is 108. The van der Waals surface area contributed by atoms with Gasteiger partial charge in [0.2, 0.25) is 0 Å². The molecule has 1 amide bonds. The molecule has 0 fully saturated rings. The lowest BCUT2D eigenvalue weighted by atomic mass is 10.3. The van der Waals surface area contributed by atoms with Crippen LogP contribution in [0.1, 0.15) is 12.8 Å². The second-order valence-corrected chi connectivity index (χ2v) is 2.77. The molecule has 0 aliphatic heterocycles. The SMILES string of the molecule is CN(CCCCCl)C(=O)Cl. The minimum absolute atomic E-state index is 0.408. The van der Waals surface area contributed by atoms with Crippen molar-refractivity contribution in [2.75, 3.05) is 19.5 Å². The van der Waals surface area contributed by atoms with E-state index in [4.69, 9.17) is 23.2 Å². The van der Waals surface area contributed by atoms with Crippen molar-refractivity contribution in [1.82, 2.24) is 4.90 Å². The van der Waals surface area contributed by atoms with Crippen LogP contribution in [0.4, 0.5) is 4.79 Å². The Balaban J connectivity index is 3.21. The molecule has 0 radical (unpaired) electrons. The van der Waals surface area contributed by atoms with E-state index in [0.717, 1.165) is 12.8 Å². The van der Waals surface area contributed by atoms with Gasteiger partial charge in [0, 0.05) is 19.5 Å². The minimum atomic E-state index is -0.408. The monoisotopic (exact) mass is 183 g/mol. The second-order valence-electron chi connectivity index (χ2n) is 2.07. The molecular formula is C6H11Cl2NO. The number of nitrogens with zero attached hydrogens (tertiary/aromatic N) is 1. The van der Waals surface area contributed by atoms with Gasteiger partial charge in [-0.1, -0.05) is 0 Å². The third kappa shape index (κ3) is 4.89. The number of unbranched alkanes of at least 4 members (excludes halogenated alkanes) is 1. The van der Waals surface area contributed by atoms with Crippen molar-refractivity contribution >= 4 is 28.6 Å². The molecular weight excluding hydrogens is 173 g/mol. The fourth-order valence-electron chi connectivity index (χ4n) is 0.531. The number of halogens is 2. The van der Waals surface area contributed by atoms with Crippen molar-refractivity contribution in [3.8, 4) is 0 Å². The van der Waals surface area contributed by atoms with Gasteiger partial charge in [0.15, 0.2) is 0 Å². The van der Waals surface area contributed by atoms with Crippen LogP contribution in [0, 0.1) is 0 Å². The Morgan fingerprint density at radius 2 is 2.10 bits per heavy atom. The number of rotatable bonds is 4. The van der Waals surface area contributed by atoms with E-state index in [-0.39, 0.29) is 0 Å². The lowest BCUT2D eigenvalue weighted by molar-refractivity contribution is 0.231. The van der Waals surface area contributed by atoms with Crippen LogP contribution in [0.3, 0.4) is 0 Å². The summed E-state index contributed by atoms with van der Waals surface area (Å²) in [6.45, 7) is 0.690. The van der Waals surface area contributed by atoms with Crippen molar-refractivity contribution in [2.45, 2.75) is 12.8 Å². The summed E-state index contributed by atoms with van der Waals surface area (Å²) < 4.78 is 0. The van der Waals surface area contributed by atoms with Crippen LogP contribution in [-0.4, -0.2) is 29.7 Å². The van der Waals surface area contributed by atoms with Crippen LogP contribution in [0.2, 0.25) is 0 Å². The Morgan fingerprint density at radius 3 is 2.50 bits per heavy atom.